The zero-order chi connectivity index (χ0) is 18.7. The van der Waals surface area contributed by atoms with Gasteiger partial charge in [0.05, 0.1) is 11.3 Å². The van der Waals surface area contributed by atoms with Crippen LogP contribution in [0.4, 0.5) is 5.69 Å². The van der Waals surface area contributed by atoms with Crippen molar-refractivity contribution in [2.24, 2.45) is 5.92 Å². The fraction of sp³-hybridized carbons (Fsp3) is 0.389. The van der Waals surface area contributed by atoms with Gasteiger partial charge < -0.3 is 10.4 Å². The lowest BCUT2D eigenvalue weighted by Crippen LogP contribution is -2.38. The maximum Gasteiger partial charge on any atom is 0.271 e. The molecular formula is C18H22N2O4S2. The molecule has 2 aromatic rings. The van der Waals surface area contributed by atoms with Gasteiger partial charge in [-0.05, 0) is 42.3 Å². The Bertz CT molecular complexity index is 879. The largest absolute Gasteiger partial charge is 0.507 e. The van der Waals surface area contributed by atoms with Gasteiger partial charge in [0.2, 0.25) is 0 Å². The number of phenols is 1. The van der Waals surface area contributed by atoms with Gasteiger partial charge in [0.25, 0.3) is 15.9 Å². The number of aromatic hydroxyl groups is 1. The molecule has 1 amide bonds. The molecule has 3 N–H and O–H groups in total. The second kappa shape index (κ2) is 7.67. The molecule has 1 saturated carbocycles. The molecule has 2 atom stereocenters. The van der Waals surface area contributed by atoms with Gasteiger partial charge in [-0.15, -0.1) is 11.3 Å². The van der Waals surface area contributed by atoms with Crippen LogP contribution in [0.2, 0.25) is 0 Å². The number of hydrogen-bond donors (Lipinski definition) is 3. The first kappa shape index (κ1) is 18.7. The second-order valence-corrected chi connectivity index (χ2v) is 9.57. The van der Waals surface area contributed by atoms with E-state index in [1.54, 1.807) is 11.4 Å². The summed E-state index contributed by atoms with van der Waals surface area (Å²) in [5.41, 5.74) is 0.348. The van der Waals surface area contributed by atoms with Crippen LogP contribution in [-0.2, 0) is 10.0 Å². The average molecular weight is 395 g/mol. The lowest BCUT2D eigenvalue weighted by molar-refractivity contribution is 0.0918. The summed E-state index contributed by atoms with van der Waals surface area (Å²) in [4.78, 5) is 12.4. The molecule has 0 radical (unpaired) electrons. The molecule has 3 rings (SSSR count). The molecule has 26 heavy (non-hydrogen) atoms. The fourth-order valence-corrected chi connectivity index (χ4v) is 5.28. The van der Waals surface area contributed by atoms with Crippen molar-refractivity contribution >= 4 is 33.0 Å². The second-order valence-electron chi connectivity index (χ2n) is 6.71. The number of thiophene rings is 1. The molecule has 1 aromatic carbocycles. The molecule has 8 heteroatoms. The van der Waals surface area contributed by atoms with E-state index in [-0.39, 0.29) is 33.2 Å². The summed E-state index contributed by atoms with van der Waals surface area (Å²) < 4.78 is 27.0. The minimum atomic E-state index is -3.69. The van der Waals surface area contributed by atoms with Crippen molar-refractivity contribution in [1.82, 2.24) is 5.32 Å². The predicted octanol–water partition coefficient (Wildman–Crippen LogP) is 3.56. The normalized spacial score (nSPS) is 20.5. The van der Waals surface area contributed by atoms with E-state index in [1.807, 2.05) is 0 Å². The Balaban J connectivity index is 1.70. The number of hydrogen-bond acceptors (Lipinski definition) is 5. The summed E-state index contributed by atoms with van der Waals surface area (Å²) in [7, 11) is -3.69. The number of anilines is 1. The highest BCUT2D eigenvalue weighted by Gasteiger charge is 2.22. The van der Waals surface area contributed by atoms with E-state index in [1.165, 1.54) is 30.7 Å². The molecule has 0 aliphatic heterocycles. The van der Waals surface area contributed by atoms with Crippen LogP contribution in [0.3, 0.4) is 0 Å². The molecular weight excluding hydrogens is 372 g/mol. The van der Waals surface area contributed by atoms with Crippen molar-refractivity contribution in [3.05, 3.63) is 41.3 Å². The van der Waals surface area contributed by atoms with E-state index >= 15 is 0 Å². The quantitative estimate of drug-likeness (QED) is 0.722. The van der Waals surface area contributed by atoms with E-state index in [0.29, 0.717) is 5.92 Å². The summed E-state index contributed by atoms with van der Waals surface area (Å²) in [6, 6.07) is 7.43. The molecule has 1 heterocycles. The van der Waals surface area contributed by atoms with Gasteiger partial charge in [-0.25, -0.2) is 8.42 Å². The Hall–Kier alpha value is -2.06. The van der Waals surface area contributed by atoms with E-state index in [2.05, 4.69) is 17.0 Å². The van der Waals surface area contributed by atoms with Crippen molar-refractivity contribution in [3.63, 3.8) is 0 Å². The molecule has 2 unspecified atom stereocenters. The maximum absolute atomic E-state index is 12.4. The topological polar surface area (TPSA) is 95.5 Å². The van der Waals surface area contributed by atoms with E-state index in [4.69, 9.17) is 0 Å². The van der Waals surface area contributed by atoms with Crippen molar-refractivity contribution < 1.29 is 18.3 Å². The third-order valence-corrected chi connectivity index (χ3v) is 7.30. The number of carbonyl (C=O) groups excluding carboxylic acids is 1. The van der Waals surface area contributed by atoms with Crippen LogP contribution in [0, 0.1) is 5.92 Å². The fourth-order valence-electron chi connectivity index (χ4n) is 3.24. The van der Waals surface area contributed by atoms with Gasteiger partial charge >= 0.3 is 0 Å². The molecule has 1 aliphatic rings. The van der Waals surface area contributed by atoms with Crippen molar-refractivity contribution in [2.75, 3.05) is 4.72 Å². The molecule has 0 spiro atoms. The van der Waals surface area contributed by atoms with E-state index in [9.17, 15) is 18.3 Å². The van der Waals surface area contributed by atoms with Crippen LogP contribution < -0.4 is 10.0 Å². The van der Waals surface area contributed by atoms with Gasteiger partial charge in [0.1, 0.15) is 9.96 Å². The lowest BCUT2D eigenvalue weighted by Gasteiger charge is -2.27. The number of sulfonamides is 1. The number of carbonyl (C=O) groups is 1. The molecule has 6 nitrogen and oxygen atoms in total. The number of rotatable bonds is 5. The van der Waals surface area contributed by atoms with Crippen LogP contribution in [0.25, 0.3) is 0 Å². The predicted molar refractivity (Wildman–Crippen MR) is 102 cm³/mol. The number of nitrogens with one attached hydrogen (secondary N) is 2. The summed E-state index contributed by atoms with van der Waals surface area (Å²) in [6.45, 7) is 2.17. The van der Waals surface area contributed by atoms with Crippen molar-refractivity contribution in [3.8, 4) is 5.75 Å². The van der Waals surface area contributed by atoms with Crippen LogP contribution in [0.15, 0.2) is 39.9 Å². The van der Waals surface area contributed by atoms with E-state index < -0.39 is 10.0 Å². The first-order valence-electron chi connectivity index (χ1n) is 8.55. The van der Waals surface area contributed by atoms with Gasteiger partial charge in [0.15, 0.2) is 0 Å². The smallest absolute Gasteiger partial charge is 0.271 e. The highest BCUT2D eigenvalue weighted by atomic mass is 32.2. The minimum Gasteiger partial charge on any atom is -0.507 e. The Kier molecular flexibility index (Phi) is 5.52. The Labute approximate surface area is 157 Å². The van der Waals surface area contributed by atoms with Crippen LogP contribution in [0.5, 0.6) is 5.75 Å². The van der Waals surface area contributed by atoms with Gasteiger partial charge in [-0.1, -0.05) is 25.8 Å². The summed E-state index contributed by atoms with van der Waals surface area (Å²) in [5.74, 6) is -0.0105. The van der Waals surface area contributed by atoms with Crippen LogP contribution in [-0.4, -0.2) is 25.5 Å². The summed E-state index contributed by atoms with van der Waals surface area (Å²) in [5, 5.41) is 14.8. The SMILES string of the molecule is CC1CCCC(NC(=O)c2ccc(NS(=O)(=O)c3cccs3)cc2O)C1. The first-order chi connectivity index (χ1) is 12.3. The van der Waals surface area contributed by atoms with Crippen LogP contribution >= 0.6 is 11.3 Å². The molecule has 1 fully saturated rings. The average Bonchev–Trinajstić information content (AvgIpc) is 3.10. The maximum atomic E-state index is 12.4. The minimum absolute atomic E-state index is 0.114. The van der Waals surface area contributed by atoms with Gasteiger partial charge in [0, 0.05) is 12.1 Å². The highest BCUT2D eigenvalue weighted by molar-refractivity contribution is 7.94. The van der Waals surface area contributed by atoms with Gasteiger partial charge in [-0.2, -0.15) is 0 Å². The zero-order valence-corrected chi connectivity index (χ0v) is 16.1. The monoisotopic (exact) mass is 394 g/mol. The first-order valence-corrected chi connectivity index (χ1v) is 10.9. The molecule has 1 aromatic heterocycles. The van der Waals surface area contributed by atoms with E-state index in [0.717, 1.165) is 30.6 Å². The Morgan fingerprint density at radius 2 is 2.08 bits per heavy atom. The van der Waals surface area contributed by atoms with Crippen LogP contribution in [0.1, 0.15) is 43.0 Å². The highest BCUT2D eigenvalue weighted by Crippen LogP contribution is 2.27. The molecule has 0 saturated heterocycles. The summed E-state index contributed by atoms with van der Waals surface area (Å²) in [6.07, 6.45) is 4.14. The zero-order valence-electron chi connectivity index (χ0n) is 14.4. The number of phenolic OH excluding ortho intramolecular Hbond substituents is 1. The van der Waals surface area contributed by atoms with Crippen molar-refractivity contribution in [2.45, 2.75) is 42.9 Å². The number of benzene rings is 1. The van der Waals surface area contributed by atoms with Crippen molar-refractivity contribution in [1.29, 1.82) is 0 Å². The molecule has 1 aliphatic carbocycles. The standard InChI is InChI=1S/C18H22N2O4S2/c1-12-4-2-5-13(10-12)19-18(22)15-8-7-14(11-16(15)21)20-26(23,24)17-6-3-9-25-17/h3,6-9,11-13,20-21H,2,4-5,10H2,1H3,(H,19,22). The van der Waals surface area contributed by atoms with Gasteiger partial charge in [-0.3, -0.25) is 9.52 Å². The third-order valence-electron chi connectivity index (χ3n) is 4.53. The lowest BCUT2D eigenvalue weighted by atomic mass is 9.87. The molecule has 0 bridgehead atoms. The third kappa shape index (κ3) is 4.37. The summed E-state index contributed by atoms with van der Waals surface area (Å²) >= 11 is 1.10. The Morgan fingerprint density at radius 3 is 2.73 bits per heavy atom. The number of amides is 1. The molecule has 140 valence electrons. The Morgan fingerprint density at radius 1 is 1.27 bits per heavy atom.